The second-order valence-corrected chi connectivity index (χ2v) is 34.4. The maximum atomic E-state index is 14.4. The summed E-state index contributed by atoms with van der Waals surface area (Å²) in [6.45, 7) is -4.53. The van der Waals surface area contributed by atoms with Gasteiger partial charge >= 0.3 is 50.5 Å². The van der Waals surface area contributed by atoms with E-state index in [1.807, 2.05) is 96.0 Å². The molecule has 648 valence electrons. The van der Waals surface area contributed by atoms with Gasteiger partial charge in [0.05, 0.1) is 52.3 Å². The zero-order valence-corrected chi connectivity index (χ0v) is 67.0. The summed E-state index contributed by atoms with van der Waals surface area (Å²) in [5, 5.41) is 35.9. The molecule has 6 aromatic heterocycles. The van der Waals surface area contributed by atoms with Crippen molar-refractivity contribution in [3.8, 4) is 0 Å². The maximum absolute atomic E-state index is 14.4. The van der Waals surface area contributed by atoms with Gasteiger partial charge in [0.1, 0.15) is 109 Å². The van der Waals surface area contributed by atoms with Gasteiger partial charge in [-0.05, 0) is 42.5 Å². The van der Waals surface area contributed by atoms with Crippen LogP contribution in [0.2, 0.25) is 0 Å². The summed E-state index contributed by atoms with van der Waals surface area (Å²) < 4.78 is 150. The van der Waals surface area contributed by atoms with E-state index in [1.165, 1.54) is 6.92 Å². The largest absolute Gasteiger partial charge is 0.472 e. The van der Waals surface area contributed by atoms with Crippen molar-refractivity contribution in [2.45, 2.75) is 137 Å². The van der Waals surface area contributed by atoms with Crippen molar-refractivity contribution in [3.05, 3.63) is 192 Å². The zero-order chi connectivity index (χ0) is 85.6. The number of hydrogen-bond donors (Lipinski definition) is 14. The third kappa shape index (κ3) is 20.7. The summed E-state index contributed by atoms with van der Waals surface area (Å²) in [6.07, 6.45) is -23.2. The fourth-order valence-corrected chi connectivity index (χ4v) is 18.2. The molecule has 0 amide bonds. The maximum Gasteiger partial charge on any atom is 0.472 e. The molecular formula is C66H81N16O33P5. The van der Waals surface area contributed by atoms with Gasteiger partial charge < -0.3 is 85.6 Å². The predicted octanol–water partition coefficient (Wildman–Crippen LogP) is 1.30. The van der Waals surface area contributed by atoms with Gasteiger partial charge in [-0.25, -0.2) is 52.4 Å². The van der Waals surface area contributed by atoms with Crippen LogP contribution in [0.4, 0.5) is 17.6 Å². The summed E-state index contributed by atoms with van der Waals surface area (Å²) >= 11 is 0. The number of anilines is 3. The molecule has 5 unspecified atom stereocenters. The highest BCUT2D eigenvalue weighted by Crippen LogP contribution is 2.56. The van der Waals surface area contributed by atoms with Crippen LogP contribution < -0.4 is 45.2 Å². The number of aliphatic hydroxyl groups is 3. The zero-order valence-electron chi connectivity index (χ0n) is 62.6. The summed E-state index contributed by atoms with van der Waals surface area (Å²) in [4.78, 5) is 153. The molecule has 120 heavy (non-hydrogen) atoms. The molecule has 49 nitrogen and oxygen atoms in total. The molecule has 17 N–H and O–H groups in total. The molecule has 4 fully saturated rings. The van der Waals surface area contributed by atoms with Gasteiger partial charge in [0.25, 0.3) is 11.1 Å². The van der Waals surface area contributed by atoms with Crippen LogP contribution in [0.25, 0.3) is 22.3 Å². The van der Waals surface area contributed by atoms with Crippen LogP contribution in [-0.4, -0.2) is 218 Å². The highest BCUT2D eigenvalue weighted by Gasteiger charge is 2.56. The first-order valence-corrected chi connectivity index (χ1v) is 43.8. The summed E-state index contributed by atoms with van der Waals surface area (Å²) in [5.74, 6) is -0.929. The van der Waals surface area contributed by atoms with E-state index in [0.717, 1.165) is 67.8 Å². The lowest BCUT2D eigenvalue weighted by Gasteiger charge is -2.36. The normalized spacial score (nSPS) is 26.5. The molecule has 13 rings (SSSR count). The van der Waals surface area contributed by atoms with Crippen molar-refractivity contribution < 1.29 is 136 Å². The Morgan fingerprint density at radius 2 is 1.02 bits per heavy atom. The lowest BCUT2D eigenvalue weighted by molar-refractivity contribution is -0.110. The van der Waals surface area contributed by atoms with Crippen molar-refractivity contribution >= 4 is 85.3 Å². The third-order valence-electron chi connectivity index (χ3n) is 19.3. The van der Waals surface area contributed by atoms with Crippen LogP contribution in [0.5, 0.6) is 0 Å². The quantitative estimate of drug-likeness (QED) is 0.00846. The number of hydrogen-bond acceptors (Lipinski definition) is 38. The number of rotatable bonds is 40. The lowest BCUT2D eigenvalue weighted by Crippen LogP contribution is -2.44. The van der Waals surface area contributed by atoms with Crippen LogP contribution in [0, 0.1) is 6.92 Å². The van der Waals surface area contributed by atoms with Gasteiger partial charge in [0, 0.05) is 24.4 Å². The average molecular weight is 1780 g/mol. The summed E-state index contributed by atoms with van der Waals surface area (Å²) in [7, 11) is -27.7. The second kappa shape index (κ2) is 37.6. The Labute approximate surface area is 675 Å². The number of benzene rings is 3. The fraction of sp³-hybridized carbons (Fsp3) is 0.439. The number of aromatic nitrogens is 12. The number of H-pyrrole nitrogens is 2. The van der Waals surface area contributed by atoms with E-state index in [-0.39, 0.29) is 59.9 Å². The molecule has 10 heterocycles. The van der Waals surface area contributed by atoms with Crippen LogP contribution in [0.3, 0.4) is 0 Å². The first-order chi connectivity index (χ1) is 57.1. The number of aliphatic hydroxyl groups excluding tert-OH is 3. The minimum absolute atomic E-state index is 0.00823. The number of phosphoric acid groups is 5. The number of aldehydes is 1. The monoisotopic (exact) mass is 1780 g/mol. The first kappa shape index (κ1) is 89.1. The molecule has 9 aromatic rings. The molecule has 4 saturated heterocycles. The van der Waals surface area contributed by atoms with Crippen molar-refractivity contribution in [3.63, 3.8) is 0 Å². The summed E-state index contributed by atoms with van der Waals surface area (Å²) in [5.41, 5.74) is 18.1. The number of ether oxygens (including phenoxy) is 4. The van der Waals surface area contributed by atoms with E-state index in [0.29, 0.717) is 23.8 Å². The molecule has 3 aromatic carbocycles. The van der Waals surface area contributed by atoms with Crippen molar-refractivity contribution in [2.24, 2.45) is 0 Å². The number of nitrogens with one attached hydrogen (secondary N) is 3. The van der Waals surface area contributed by atoms with E-state index in [2.05, 4.69) is 44.9 Å². The van der Waals surface area contributed by atoms with Gasteiger partial charge in [-0.1, -0.05) is 104 Å². The number of aryl methyl sites for hydroxylation is 1. The smallest absolute Gasteiger partial charge is 0.386 e. The second-order valence-electron chi connectivity index (χ2n) is 27.3. The molecule has 0 radical (unpaired) electrons. The number of nitrogens with two attached hydrogens (primary N) is 3. The first-order valence-electron chi connectivity index (χ1n) is 36.4. The van der Waals surface area contributed by atoms with Gasteiger partial charge in [0.15, 0.2) is 41.3 Å². The Morgan fingerprint density at radius 3 is 1.54 bits per heavy atom. The molecule has 0 spiro atoms. The average Bonchev–Trinajstić information content (AvgIpc) is 1.49. The Bertz CT molecular complexity index is 5510. The van der Waals surface area contributed by atoms with Crippen molar-refractivity contribution in [2.75, 3.05) is 63.4 Å². The standard InChI is InChI=1S/C66H81N16O33P5/c1-36-28-80(65(90)77-58(36)87)46-27-40(112-117(93,94)103-26-23-83)41(108-46)29-105-118(95,96)114-54-44(111-62(51(54)86)82-35-73-48-57(82)75-63(69)76-59(48)88)32-107-119(97,98)113-52-43(109-60(49(52)84)79-22-21-45(67)74-64(79)89)31-106-120(99,100)115-53-42(110-61(50(53)85)81-34-72-47-55(68)70-33-71-56(47)81)30-104-116(91,92)102-25-14-3-2-13-24-101-78-66(37-15-7-4-8-16-37,38-17-9-5-10-18-38)39-19-11-6-12-20-39/h4-12,15-23,28,33-35,40-44,46,49-54,60-62,78,84-86H,2-3,13-14,24-27,29-32H2,1H3,(H,91,92)(H,93,94)(H,95,96)(H,97,98)(H,99,100)(H2,67,74,89)(H2,68,70,71)(H,77,87,90)(H3,69,75,76,88)/t40-,41+,42+,43+,44+,46+,49+,50+,51+,52+,53+,54+,60+,61+,62+/m0/s1. The van der Waals surface area contributed by atoms with Gasteiger partial charge in [0.2, 0.25) is 5.95 Å². The van der Waals surface area contributed by atoms with Gasteiger partial charge in [-0.2, -0.15) is 15.4 Å². The number of carbonyl (C=O) groups is 1. The fourth-order valence-electron chi connectivity index (χ4n) is 13.7. The van der Waals surface area contributed by atoms with Gasteiger partial charge in [-0.15, -0.1) is 0 Å². The third-order valence-corrected chi connectivity index (χ3v) is 24.2. The molecule has 0 aliphatic carbocycles. The number of phosphoric ester groups is 5. The highest BCUT2D eigenvalue weighted by atomic mass is 31.2. The SMILES string of the molecule is Cc1cn([C@H]2C[C@H](OP(=O)(O)OCC=O)[C@@H](COP(=O)(O)O[C@H]3[C@@H](O)[C@H](n4cnc5c(=O)[nH]c(N)nc54)O[C@@H]3COP(=O)(O)O[C@H]3[C@@H](O)[C@H](n4ccc(N)nc4=O)O[C@@H]3COP(=O)(O)O[C@H]3[C@@H](O)[C@H](n4cnc5c(N)ncnc54)O[C@@H]3COP(=O)(O)OCCCCCCONC(c3ccccc3)(c3ccccc3)c3ccccc3)O2)c(=O)[nH]c1=O. The molecule has 0 bridgehead atoms. The van der Waals surface area contributed by atoms with Crippen LogP contribution in [0.1, 0.15) is 79.3 Å². The minimum Gasteiger partial charge on any atom is -0.386 e. The Morgan fingerprint density at radius 1 is 0.533 bits per heavy atom. The van der Waals surface area contributed by atoms with E-state index in [9.17, 15) is 86.6 Å². The van der Waals surface area contributed by atoms with Crippen LogP contribution in [0.15, 0.2) is 148 Å². The van der Waals surface area contributed by atoms with Crippen molar-refractivity contribution in [1.29, 1.82) is 0 Å². The number of hydroxylamine groups is 1. The highest BCUT2D eigenvalue weighted by molar-refractivity contribution is 7.48. The Kier molecular flexibility index (Phi) is 27.9. The summed E-state index contributed by atoms with van der Waals surface area (Å²) in [6, 6.07) is 30.5. The number of imidazole rings is 2. The Hall–Kier alpha value is -8.62. The van der Waals surface area contributed by atoms with Crippen LogP contribution >= 0.6 is 39.1 Å². The predicted molar refractivity (Wildman–Crippen MR) is 407 cm³/mol. The topological polar surface area (TPSA) is 690 Å². The van der Waals surface area contributed by atoms with E-state index in [4.69, 9.17) is 81.7 Å². The van der Waals surface area contributed by atoms with E-state index >= 15 is 0 Å². The number of nitrogen functional groups attached to an aromatic ring is 3. The minimum atomic E-state index is -5.91. The number of fused-ring (bicyclic) bond motifs is 2. The Balaban J connectivity index is 0.680. The molecule has 4 aliphatic rings. The number of nitrogens with zero attached hydrogens (tertiary/aromatic N) is 10. The number of carbonyl (C=O) groups excluding carboxylic acids is 1. The van der Waals surface area contributed by atoms with E-state index < -0.39 is 210 Å². The number of aromatic amines is 2. The van der Waals surface area contributed by atoms with Crippen LogP contribution in [-0.2, 0) is 102 Å². The lowest BCUT2D eigenvalue weighted by atomic mass is 9.78. The molecule has 4 aliphatic heterocycles. The van der Waals surface area contributed by atoms with E-state index in [1.54, 1.807) is 0 Å². The molecule has 54 heteroatoms. The molecule has 20 atom stereocenters. The van der Waals surface area contributed by atoms with Crippen molar-refractivity contribution in [1.82, 2.24) is 63.6 Å². The van der Waals surface area contributed by atoms with Gasteiger partial charge in [-0.3, -0.25) is 83.1 Å². The molecule has 0 saturated carbocycles. The number of unbranched alkanes of at least 4 members (excludes halogenated alkanes) is 3. The molecular weight excluding hydrogens is 1700 g/mol.